The van der Waals surface area contributed by atoms with Crippen molar-refractivity contribution in [1.82, 2.24) is 10.2 Å². The Balaban J connectivity index is 1.93. The monoisotopic (exact) mass is 388 g/mol. The van der Waals surface area contributed by atoms with Gasteiger partial charge in [-0.25, -0.2) is 0 Å². The van der Waals surface area contributed by atoms with Crippen molar-refractivity contribution < 1.29 is 14.3 Å². The predicted octanol–water partition coefficient (Wildman–Crippen LogP) is 3.98. The summed E-state index contributed by atoms with van der Waals surface area (Å²) in [6.07, 6.45) is 3.16. The summed E-state index contributed by atoms with van der Waals surface area (Å²) >= 11 is 1.66. The number of nitrogens with zero attached hydrogens (tertiary/aromatic N) is 1. The molecule has 0 unspecified atom stereocenters. The van der Waals surface area contributed by atoms with E-state index in [0.717, 1.165) is 30.6 Å². The van der Waals surface area contributed by atoms with Gasteiger partial charge in [-0.15, -0.1) is 11.3 Å². The number of ether oxygens (including phenoxy) is 1. The van der Waals surface area contributed by atoms with Gasteiger partial charge in [0.2, 0.25) is 11.8 Å². The van der Waals surface area contributed by atoms with Crippen LogP contribution in [0.1, 0.15) is 43.0 Å². The van der Waals surface area contributed by atoms with Crippen LogP contribution in [0.4, 0.5) is 0 Å². The number of amides is 2. The van der Waals surface area contributed by atoms with Gasteiger partial charge in [0, 0.05) is 36.9 Å². The molecule has 27 heavy (non-hydrogen) atoms. The highest BCUT2D eigenvalue weighted by Gasteiger charge is 2.16. The van der Waals surface area contributed by atoms with Crippen molar-refractivity contribution in [2.45, 2.75) is 45.7 Å². The summed E-state index contributed by atoms with van der Waals surface area (Å²) in [7, 11) is 1.65. The highest BCUT2D eigenvalue weighted by Crippen LogP contribution is 2.22. The van der Waals surface area contributed by atoms with Crippen LogP contribution in [-0.4, -0.2) is 30.4 Å². The first-order chi connectivity index (χ1) is 13.1. The topological polar surface area (TPSA) is 58.6 Å². The number of hydrogen-bond donors (Lipinski definition) is 1. The number of benzene rings is 1. The van der Waals surface area contributed by atoms with Crippen molar-refractivity contribution in [3.63, 3.8) is 0 Å². The van der Waals surface area contributed by atoms with Gasteiger partial charge in [-0.2, -0.15) is 0 Å². The first kappa shape index (κ1) is 21.0. The lowest BCUT2D eigenvalue weighted by atomic mass is 10.1. The van der Waals surface area contributed by atoms with Crippen molar-refractivity contribution in [3.05, 3.63) is 52.2 Å². The lowest BCUT2D eigenvalue weighted by molar-refractivity contribution is -0.132. The van der Waals surface area contributed by atoms with E-state index in [2.05, 4.69) is 11.4 Å². The molecule has 0 bridgehead atoms. The molecular weight excluding hydrogens is 360 g/mol. The normalized spacial score (nSPS) is 10.4. The first-order valence-electron chi connectivity index (χ1n) is 9.26. The standard InChI is InChI=1S/C21H28N2O3S/c1-17(24)22-13-7-3-4-12-21(25)23(16-19-10-8-14-27-19)15-18-9-5-6-11-20(18)26-2/h5-6,8-11,14H,3-4,7,12-13,15-16H2,1-2H3,(H,22,24). The Morgan fingerprint density at radius 2 is 1.89 bits per heavy atom. The first-order valence-corrected chi connectivity index (χ1v) is 10.1. The SMILES string of the molecule is COc1ccccc1CN(Cc1cccs1)C(=O)CCCCCNC(C)=O. The molecule has 0 atom stereocenters. The number of nitrogens with one attached hydrogen (secondary N) is 1. The van der Waals surface area contributed by atoms with Gasteiger partial charge in [0.1, 0.15) is 5.75 Å². The lowest BCUT2D eigenvalue weighted by Crippen LogP contribution is -2.29. The van der Waals surface area contributed by atoms with Gasteiger partial charge >= 0.3 is 0 Å². The molecule has 0 radical (unpaired) electrons. The lowest BCUT2D eigenvalue weighted by Gasteiger charge is -2.23. The molecule has 2 amide bonds. The molecule has 5 nitrogen and oxygen atoms in total. The molecule has 2 aromatic rings. The summed E-state index contributed by atoms with van der Waals surface area (Å²) in [5.74, 6) is 0.940. The Morgan fingerprint density at radius 3 is 2.59 bits per heavy atom. The Bertz CT molecular complexity index is 716. The third-order valence-corrected chi connectivity index (χ3v) is 5.14. The molecule has 0 fully saturated rings. The summed E-state index contributed by atoms with van der Waals surface area (Å²) in [4.78, 5) is 26.8. The largest absolute Gasteiger partial charge is 0.496 e. The molecule has 1 aromatic carbocycles. The second kappa shape index (κ2) is 11.4. The fourth-order valence-electron chi connectivity index (χ4n) is 2.86. The van der Waals surface area contributed by atoms with E-state index in [-0.39, 0.29) is 11.8 Å². The van der Waals surface area contributed by atoms with Crippen LogP contribution >= 0.6 is 11.3 Å². The van der Waals surface area contributed by atoms with E-state index in [1.54, 1.807) is 18.4 Å². The summed E-state index contributed by atoms with van der Waals surface area (Å²) in [5.41, 5.74) is 1.01. The maximum Gasteiger partial charge on any atom is 0.223 e. The molecule has 146 valence electrons. The maximum absolute atomic E-state index is 12.8. The van der Waals surface area contributed by atoms with Crippen LogP contribution in [0.25, 0.3) is 0 Å². The molecule has 0 spiro atoms. The van der Waals surface area contributed by atoms with Crippen LogP contribution in [-0.2, 0) is 22.7 Å². The minimum atomic E-state index is -0.00925. The molecule has 0 aliphatic rings. The van der Waals surface area contributed by atoms with Gasteiger partial charge in [0.15, 0.2) is 0 Å². The van der Waals surface area contributed by atoms with E-state index in [9.17, 15) is 9.59 Å². The van der Waals surface area contributed by atoms with Crippen LogP contribution in [0.15, 0.2) is 41.8 Å². The second-order valence-electron chi connectivity index (χ2n) is 6.43. The van der Waals surface area contributed by atoms with Crippen LogP contribution < -0.4 is 10.1 Å². The van der Waals surface area contributed by atoms with Crippen molar-refractivity contribution in [3.8, 4) is 5.75 Å². The van der Waals surface area contributed by atoms with Crippen molar-refractivity contribution in [1.29, 1.82) is 0 Å². The highest BCUT2D eigenvalue weighted by atomic mass is 32.1. The number of unbranched alkanes of at least 4 members (excludes halogenated alkanes) is 2. The van der Waals surface area contributed by atoms with Gasteiger partial charge in [0.25, 0.3) is 0 Å². The molecule has 0 aliphatic carbocycles. The Kier molecular flexibility index (Phi) is 8.84. The summed E-state index contributed by atoms with van der Waals surface area (Å²) in [6.45, 7) is 3.33. The maximum atomic E-state index is 12.8. The summed E-state index contributed by atoms with van der Waals surface area (Å²) in [6, 6.07) is 11.9. The number of carbonyl (C=O) groups excluding carboxylic acids is 2. The van der Waals surface area contributed by atoms with E-state index in [1.165, 1.54) is 11.8 Å². The average Bonchev–Trinajstić information content (AvgIpc) is 3.17. The quantitative estimate of drug-likeness (QED) is 0.592. The summed E-state index contributed by atoms with van der Waals surface area (Å²) in [5, 5.41) is 4.82. The average molecular weight is 389 g/mol. The van der Waals surface area contributed by atoms with Crippen molar-refractivity contribution in [2.24, 2.45) is 0 Å². The zero-order valence-corrected chi connectivity index (χ0v) is 16.9. The molecule has 0 saturated heterocycles. The van der Waals surface area contributed by atoms with Crippen LogP contribution in [0.2, 0.25) is 0 Å². The molecule has 6 heteroatoms. The van der Waals surface area contributed by atoms with Crippen LogP contribution in [0.3, 0.4) is 0 Å². The van der Waals surface area contributed by atoms with Gasteiger partial charge < -0.3 is 15.0 Å². The number of thiophene rings is 1. The predicted molar refractivity (Wildman–Crippen MR) is 109 cm³/mol. The zero-order valence-electron chi connectivity index (χ0n) is 16.1. The second-order valence-corrected chi connectivity index (χ2v) is 7.47. The minimum Gasteiger partial charge on any atom is -0.496 e. The number of hydrogen-bond acceptors (Lipinski definition) is 4. The highest BCUT2D eigenvalue weighted by molar-refractivity contribution is 7.09. The molecule has 0 aliphatic heterocycles. The van der Waals surface area contributed by atoms with Gasteiger partial charge in [-0.3, -0.25) is 9.59 Å². The fraction of sp³-hybridized carbons (Fsp3) is 0.429. The smallest absolute Gasteiger partial charge is 0.223 e. The molecule has 0 saturated carbocycles. The van der Waals surface area contributed by atoms with Gasteiger partial charge in [-0.05, 0) is 30.4 Å². The van der Waals surface area contributed by atoms with Crippen LogP contribution in [0.5, 0.6) is 5.75 Å². The Morgan fingerprint density at radius 1 is 1.07 bits per heavy atom. The Labute approximate surface area is 165 Å². The minimum absolute atomic E-state index is 0.00925. The van der Waals surface area contributed by atoms with Crippen molar-refractivity contribution in [2.75, 3.05) is 13.7 Å². The third kappa shape index (κ3) is 7.43. The van der Waals surface area contributed by atoms with Crippen LogP contribution in [0, 0.1) is 0 Å². The number of carbonyl (C=O) groups is 2. The van der Waals surface area contributed by atoms with Gasteiger partial charge in [-0.1, -0.05) is 30.7 Å². The number of para-hydroxylation sites is 1. The number of rotatable bonds is 11. The third-order valence-electron chi connectivity index (χ3n) is 4.27. The zero-order chi connectivity index (χ0) is 19.5. The molecule has 1 N–H and O–H groups in total. The molecule has 2 rings (SSSR count). The van der Waals surface area contributed by atoms with E-state index in [1.807, 2.05) is 40.6 Å². The Hall–Kier alpha value is -2.34. The van der Waals surface area contributed by atoms with E-state index in [0.29, 0.717) is 26.1 Å². The van der Waals surface area contributed by atoms with E-state index in [4.69, 9.17) is 4.74 Å². The van der Waals surface area contributed by atoms with Gasteiger partial charge in [0.05, 0.1) is 13.7 Å². The van der Waals surface area contributed by atoms with E-state index < -0.39 is 0 Å². The summed E-state index contributed by atoms with van der Waals surface area (Å²) < 4.78 is 5.44. The fourth-order valence-corrected chi connectivity index (χ4v) is 3.58. The molecule has 1 heterocycles. The van der Waals surface area contributed by atoms with Crippen molar-refractivity contribution >= 4 is 23.2 Å². The molecule has 1 aromatic heterocycles. The molecular formula is C21H28N2O3S. The number of methoxy groups -OCH3 is 1. The van der Waals surface area contributed by atoms with E-state index >= 15 is 0 Å².